The van der Waals surface area contributed by atoms with E-state index >= 15 is 0 Å². The van der Waals surface area contributed by atoms with E-state index < -0.39 is 0 Å². The average Bonchev–Trinajstić information content (AvgIpc) is 3.08. The highest BCUT2D eigenvalue weighted by Crippen LogP contribution is 2.27. The van der Waals surface area contributed by atoms with Gasteiger partial charge in [-0.15, -0.1) is 0 Å². The van der Waals surface area contributed by atoms with Crippen LogP contribution in [0.3, 0.4) is 0 Å². The Morgan fingerprint density at radius 3 is 2.80 bits per heavy atom. The van der Waals surface area contributed by atoms with Gasteiger partial charge in [0.25, 0.3) is 5.91 Å². The highest BCUT2D eigenvalue weighted by Gasteiger charge is 2.17. The van der Waals surface area contributed by atoms with Crippen molar-refractivity contribution in [1.82, 2.24) is 5.32 Å². The molecule has 0 saturated heterocycles. The molecule has 0 bridgehead atoms. The number of amides is 1. The number of rotatable bonds is 6. The van der Waals surface area contributed by atoms with Crippen LogP contribution < -0.4 is 19.5 Å². The second kappa shape index (κ2) is 7.47. The minimum atomic E-state index is -0.156. The molecule has 132 valence electrons. The molecule has 2 aromatic rings. The molecule has 1 atom stereocenters. The topological polar surface area (TPSA) is 56.8 Å². The first-order valence-corrected chi connectivity index (χ1v) is 8.38. The smallest absolute Gasteiger partial charge is 0.255 e. The van der Waals surface area contributed by atoms with E-state index in [0.29, 0.717) is 17.1 Å². The number of fused-ring (bicyclic) bond motifs is 1. The van der Waals surface area contributed by atoms with Gasteiger partial charge in [-0.05, 0) is 42.7 Å². The maximum absolute atomic E-state index is 12.6. The van der Waals surface area contributed by atoms with Gasteiger partial charge in [0.1, 0.15) is 17.2 Å². The van der Waals surface area contributed by atoms with Crippen LogP contribution in [0.5, 0.6) is 17.2 Å². The first-order valence-electron chi connectivity index (χ1n) is 8.38. The third kappa shape index (κ3) is 3.87. The highest BCUT2D eigenvalue weighted by atomic mass is 16.5. The molecule has 0 fully saturated rings. The second-order valence-corrected chi connectivity index (χ2v) is 6.19. The molecule has 1 heterocycles. The Bertz CT molecular complexity index is 772. The summed E-state index contributed by atoms with van der Waals surface area (Å²) in [5.41, 5.74) is 2.93. The fourth-order valence-electron chi connectivity index (χ4n) is 3.06. The van der Waals surface area contributed by atoms with E-state index in [9.17, 15) is 4.79 Å². The van der Waals surface area contributed by atoms with Gasteiger partial charge in [0.15, 0.2) is 0 Å². The predicted octanol–water partition coefficient (Wildman–Crippen LogP) is 3.00. The first kappa shape index (κ1) is 17.1. The monoisotopic (exact) mass is 341 g/mol. The molecule has 3 rings (SSSR count). The molecule has 2 aromatic carbocycles. The van der Waals surface area contributed by atoms with Crippen LogP contribution in [0, 0.1) is 0 Å². The number of benzene rings is 2. The van der Waals surface area contributed by atoms with Gasteiger partial charge >= 0.3 is 0 Å². The van der Waals surface area contributed by atoms with Crippen molar-refractivity contribution in [1.29, 1.82) is 0 Å². The van der Waals surface area contributed by atoms with Gasteiger partial charge in [0.05, 0.1) is 26.4 Å². The predicted molar refractivity (Wildman–Crippen MR) is 95.8 cm³/mol. The molecule has 0 aliphatic carbocycles. The van der Waals surface area contributed by atoms with Gasteiger partial charge < -0.3 is 19.5 Å². The Kier molecular flexibility index (Phi) is 5.12. The summed E-state index contributed by atoms with van der Waals surface area (Å²) < 4.78 is 16.0. The molecule has 5 nitrogen and oxygen atoms in total. The maximum atomic E-state index is 12.6. The number of carbonyl (C=O) groups excluding carboxylic acids is 1. The Morgan fingerprint density at radius 1 is 1.20 bits per heavy atom. The molecule has 25 heavy (non-hydrogen) atoms. The molecule has 1 aliphatic rings. The van der Waals surface area contributed by atoms with Crippen molar-refractivity contribution in [2.75, 3.05) is 20.8 Å². The first-order chi connectivity index (χ1) is 12.1. The molecule has 5 heteroatoms. The van der Waals surface area contributed by atoms with Crippen LogP contribution in [0.25, 0.3) is 0 Å². The van der Waals surface area contributed by atoms with Crippen molar-refractivity contribution >= 4 is 5.91 Å². The van der Waals surface area contributed by atoms with Crippen molar-refractivity contribution in [2.45, 2.75) is 25.8 Å². The Hall–Kier alpha value is -2.69. The molecule has 1 aliphatic heterocycles. The molecule has 1 amide bonds. The molecule has 0 saturated carbocycles. The zero-order valence-corrected chi connectivity index (χ0v) is 14.8. The number of methoxy groups -OCH3 is 2. The summed E-state index contributed by atoms with van der Waals surface area (Å²) in [5.74, 6) is 1.97. The number of ether oxygens (including phenoxy) is 3. The fraction of sp³-hybridized carbons (Fsp3) is 0.350. The minimum absolute atomic E-state index is 0.000297. The standard InChI is InChI=1S/C20H23NO4/c1-13(10-14-4-7-18-15(11-14)8-9-25-18)21-20(22)17-6-5-16(23-2)12-19(17)24-3/h4-7,11-13H,8-10H2,1-3H3,(H,21,22). The molecular formula is C20H23NO4. The van der Waals surface area contributed by atoms with Gasteiger partial charge in [-0.3, -0.25) is 4.79 Å². The van der Waals surface area contributed by atoms with E-state index in [2.05, 4.69) is 17.4 Å². The quantitative estimate of drug-likeness (QED) is 0.877. The lowest BCUT2D eigenvalue weighted by atomic mass is 10.0. The van der Waals surface area contributed by atoms with Crippen molar-refractivity contribution in [3.8, 4) is 17.2 Å². The van der Waals surface area contributed by atoms with E-state index in [0.717, 1.165) is 25.2 Å². The van der Waals surface area contributed by atoms with Gasteiger partial charge in [-0.2, -0.15) is 0 Å². The number of hydrogen-bond acceptors (Lipinski definition) is 4. The van der Waals surface area contributed by atoms with Crippen LogP contribution in [0.4, 0.5) is 0 Å². The van der Waals surface area contributed by atoms with E-state index in [1.807, 2.05) is 13.0 Å². The van der Waals surface area contributed by atoms with E-state index in [1.54, 1.807) is 32.4 Å². The zero-order valence-electron chi connectivity index (χ0n) is 14.8. The summed E-state index contributed by atoms with van der Waals surface area (Å²) in [7, 11) is 3.12. The van der Waals surface area contributed by atoms with Crippen LogP contribution in [0.15, 0.2) is 36.4 Å². The molecular weight excluding hydrogens is 318 g/mol. The molecule has 0 aromatic heterocycles. The summed E-state index contributed by atoms with van der Waals surface area (Å²) in [6.45, 7) is 2.75. The third-order valence-electron chi connectivity index (χ3n) is 4.33. The van der Waals surface area contributed by atoms with Crippen molar-refractivity contribution in [2.24, 2.45) is 0 Å². The maximum Gasteiger partial charge on any atom is 0.255 e. The normalized spacial score (nSPS) is 13.6. The highest BCUT2D eigenvalue weighted by molar-refractivity contribution is 5.97. The van der Waals surface area contributed by atoms with Crippen molar-refractivity contribution in [3.05, 3.63) is 53.1 Å². The van der Waals surface area contributed by atoms with Crippen LogP contribution in [0.2, 0.25) is 0 Å². The number of nitrogens with one attached hydrogen (secondary N) is 1. The lowest BCUT2D eigenvalue weighted by Gasteiger charge is -2.16. The molecule has 0 spiro atoms. The Balaban J connectivity index is 1.66. The van der Waals surface area contributed by atoms with Crippen LogP contribution in [-0.2, 0) is 12.8 Å². The molecule has 1 unspecified atom stereocenters. The third-order valence-corrected chi connectivity index (χ3v) is 4.33. The SMILES string of the molecule is COc1ccc(C(=O)NC(C)Cc2ccc3c(c2)CCO3)c(OC)c1. The second-order valence-electron chi connectivity index (χ2n) is 6.19. The van der Waals surface area contributed by atoms with Crippen molar-refractivity contribution in [3.63, 3.8) is 0 Å². The Labute approximate surface area is 147 Å². The van der Waals surface area contributed by atoms with E-state index in [4.69, 9.17) is 14.2 Å². The van der Waals surface area contributed by atoms with E-state index in [-0.39, 0.29) is 11.9 Å². The average molecular weight is 341 g/mol. The number of hydrogen-bond donors (Lipinski definition) is 1. The van der Waals surface area contributed by atoms with Gasteiger partial charge in [0, 0.05) is 18.5 Å². The van der Waals surface area contributed by atoms with Crippen LogP contribution >= 0.6 is 0 Å². The summed E-state index contributed by atoms with van der Waals surface area (Å²) in [6, 6.07) is 11.4. The summed E-state index contributed by atoms with van der Waals surface area (Å²) >= 11 is 0. The van der Waals surface area contributed by atoms with Crippen LogP contribution in [-0.4, -0.2) is 32.8 Å². The largest absolute Gasteiger partial charge is 0.497 e. The van der Waals surface area contributed by atoms with Gasteiger partial charge in [-0.25, -0.2) is 0 Å². The van der Waals surface area contributed by atoms with Gasteiger partial charge in [-0.1, -0.05) is 12.1 Å². The van der Waals surface area contributed by atoms with Crippen molar-refractivity contribution < 1.29 is 19.0 Å². The minimum Gasteiger partial charge on any atom is -0.497 e. The summed E-state index contributed by atoms with van der Waals surface area (Å²) in [4.78, 5) is 12.6. The van der Waals surface area contributed by atoms with Crippen LogP contribution in [0.1, 0.15) is 28.4 Å². The lowest BCUT2D eigenvalue weighted by Crippen LogP contribution is -2.34. The summed E-state index contributed by atoms with van der Waals surface area (Å²) in [6.07, 6.45) is 1.71. The summed E-state index contributed by atoms with van der Waals surface area (Å²) in [5, 5.41) is 3.03. The van der Waals surface area contributed by atoms with E-state index in [1.165, 1.54) is 11.1 Å². The molecule has 0 radical (unpaired) electrons. The lowest BCUT2D eigenvalue weighted by molar-refractivity contribution is 0.0937. The molecule has 1 N–H and O–H groups in total. The van der Waals surface area contributed by atoms with Gasteiger partial charge in [0.2, 0.25) is 0 Å². The number of carbonyl (C=O) groups is 1. The Morgan fingerprint density at radius 2 is 2.04 bits per heavy atom. The zero-order chi connectivity index (χ0) is 17.8. The fourth-order valence-corrected chi connectivity index (χ4v) is 3.06.